The fraction of sp³-hybridized carbons (Fsp3) is 0.333. The van der Waals surface area contributed by atoms with Gasteiger partial charge >= 0.3 is 0 Å². The Labute approximate surface area is 124 Å². The molecule has 2 aromatic rings. The minimum absolute atomic E-state index is 0.145. The molecule has 0 saturated heterocycles. The molecule has 0 amide bonds. The summed E-state index contributed by atoms with van der Waals surface area (Å²) >= 11 is 0. The van der Waals surface area contributed by atoms with Crippen molar-refractivity contribution in [3.8, 4) is 0 Å². The maximum absolute atomic E-state index is 15.1. The lowest BCUT2D eigenvalue weighted by atomic mass is 9.91. The van der Waals surface area contributed by atoms with E-state index >= 15 is 4.39 Å². The van der Waals surface area contributed by atoms with Crippen molar-refractivity contribution in [1.82, 2.24) is 0 Å². The summed E-state index contributed by atoms with van der Waals surface area (Å²) in [6.45, 7) is 0.917. The van der Waals surface area contributed by atoms with Crippen molar-refractivity contribution in [3.05, 3.63) is 59.2 Å². The molecule has 0 aromatic heterocycles. The van der Waals surface area contributed by atoms with Gasteiger partial charge in [0.05, 0.1) is 6.04 Å². The summed E-state index contributed by atoms with van der Waals surface area (Å²) in [5.74, 6) is 0. The Balaban J connectivity index is 1.62. The molecular weight excluding hydrogens is 263 g/mol. The molecule has 0 spiro atoms. The zero-order valence-corrected chi connectivity index (χ0v) is 11.9. The number of hydrogen-bond acceptors (Lipinski definition) is 2. The van der Waals surface area contributed by atoms with Crippen LogP contribution in [-0.4, -0.2) is 12.6 Å². The van der Waals surface area contributed by atoms with E-state index in [1.807, 2.05) is 30.3 Å². The Kier molecular flexibility index (Phi) is 3.06. The molecule has 2 aromatic carbocycles. The van der Waals surface area contributed by atoms with Crippen LogP contribution in [0.4, 0.5) is 15.8 Å². The molecule has 3 heteroatoms. The van der Waals surface area contributed by atoms with Crippen LogP contribution in [0.3, 0.4) is 0 Å². The maximum Gasteiger partial charge on any atom is 0.147 e. The van der Waals surface area contributed by atoms with Crippen LogP contribution in [0.5, 0.6) is 0 Å². The molecule has 2 atom stereocenters. The summed E-state index contributed by atoms with van der Waals surface area (Å²) < 4.78 is 15.1. The van der Waals surface area contributed by atoms with Crippen molar-refractivity contribution in [1.29, 1.82) is 0 Å². The van der Waals surface area contributed by atoms with Crippen LogP contribution in [0.1, 0.15) is 29.3 Å². The molecule has 0 aliphatic carbocycles. The molecule has 4 rings (SSSR count). The van der Waals surface area contributed by atoms with Crippen molar-refractivity contribution in [2.45, 2.75) is 31.5 Å². The summed E-state index contributed by atoms with van der Waals surface area (Å²) in [5, 5.41) is 6.72. The summed E-state index contributed by atoms with van der Waals surface area (Å²) in [4.78, 5) is 0. The first-order valence-electron chi connectivity index (χ1n) is 7.67. The first kappa shape index (κ1) is 12.7. The molecular formula is C18H19FN2. The minimum atomic E-state index is -0.973. The number of nitrogens with one attached hydrogen (secondary N) is 2. The van der Waals surface area contributed by atoms with E-state index in [0.29, 0.717) is 0 Å². The lowest BCUT2D eigenvalue weighted by molar-refractivity contribution is 0.290. The SMILES string of the molecule is FC(c1cccc2c1NCC2)C1CCc2ccccc2N1. The number of benzene rings is 2. The Morgan fingerprint density at radius 2 is 1.86 bits per heavy atom. The quantitative estimate of drug-likeness (QED) is 0.867. The lowest BCUT2D eigenvalue weighted by Crippen LogP contribution is -2.30. The highest BCUT2D eigenvalue weighted by atomic mass is 19.1. The van der Waals surface area contributed by atoms with Crippen LogP contribution in [0.15, 0.2) is 42.5 Å². The predicted octanol–water partition coefficient (Wildman–Crippen LogP) is 4.09. The van der Waals surface area contributed by atoms with E-state index in [0.717, 1.165) is 42.7 Å². The number of hydrogen-bond donors (Lipinski definition) is 2. The molecule has 2 N–H and O–H groups in total. The minimum Gasteiger partial charge on any atom is -0.384 e. The molecule has 2 heterocycles. The van der Waals surface area contributed by atoms with E-state index in [1.54, 1.807) is 0 Å². The number of anilines is 2. The largest absolute Gasteiger partial charge is 0.384 e. The normalized spacial score (nSPS) is 20.9. The number of alkyl halides is 1. The van der Waals surface area contributed by atoms with Gasteiger partial charge in [-0.1, -0.05) is 36.4 Å². The van der Waals surface area contributed by atoms with Gasteiger partial charge < -0.3 is 10.6 Å². The van der Waals surface area contributed by atoms with Crippen LogP contribution >= 0.6 is 0 Å². The number of fused-ring (bicyclic) bond motifs is 2. The Morgan fingerprint density at radius 1 is 1.00 bits per heavy atom. The van der Waals surface area contributed by atoms with Gasteiger partial charge in [-0.25, -0.2) is 4.39 Å². The van der Waals surface area contributed by atoms with Gasteiger partial charge in [0.2, 0.25) is 0 Å². The second kappa shape index (κ2) is 5.06. The van der Waals surface area contributed by atoms with Crippen LogP contribution in [0, 0.1) is 0 Å². The predicted molar refractivity (Wildman–Crippen MR) is 84.7 cm³/mol. The molecule has 108 valence electrons. The number of para-hydroxylation sites is 2. The maximum atomic E-state index is 15.1. The van der Waals surface area contributed by atoms with Gasteiger partial charge in [0.15, 0.2) is 0 Å². The zero-order valence-electron chi connectivity index (χ0n) is 11.9. The average Bonchev–Trinajstić information content (AvgIpc) is 3.02. The highest BCUT2D eigenvalue weighted by molar-refractivity contribution is 5.63. The van der Waals surface area contributed by atoms with Gasteiger partial charge in [-0.3, -0.25) is 0 Å². The molecule has 2 aliphatic rings. The van der Waals surface area contributed by atoms with Gasteiger partial charge in [0.25, 0.3) is 0 Å². The number of aryl methyl sites for hydroxylation is 1. The second-order valence-electron chi connectivity index (χ2n) is 5.91. The molecule has 2 nitrogen and oxygen atoms in total. The van der Waals surface area contributed by atoms with Crippen LogP contribution in [0.2, 0.25) is 0 Å². The standard InChI is InChI=1S/C18H19FN2/c19-17(14-6-3-5-13-10-11-20-18(13)14)16-9-8-12-4-1-2-7-15(12)21-16/h1-7,16-17,20-21H,8-11H2. The fourth-order valence-electron chi connectivity index (χ4n) is 3.49. The van der Waals surface area contributed by atoms with E-state index in [1.165, 1.54) is 11.1 Å². The van der Waals surface area contributed by atoms with Crippen LogP contribution < -0.4 is 10.6 Å². The summed E-state index contributed by atoms with van der Waals surface area (Å²) in [6, 6.07) is 14.1. The molecule has 0 radical (unpaired) electrons. The molecule has 0 bridgehead atoms. The van der Waals surface area contributed by atoms with Gasteiger partial charge in [-0.15, -0.1) is 0 Å². The molecule has 0 fully saturated rings. The van der Waals surface area contributed by atoms with Gasteiger partial charge in [-0.05, 0) is 36.5 Å². The van der Waals surface area contributed by atoms with Crippen molar-refractivity contribution in [2.24, 2.45) is 0 Å². The topological polar surface area (TPSA) is 24.1 Å². The van der Waals surface area contributed by atoms with Crippen molar-refractivity contribution < 1.29 is 4.39 Å². The lowest BCUT2D eigenvalue weighted by Gasteiger charge is -2.30. The van der Waals surface area contributed by atoms with Gasteiger partial charge in [-0.2, -0.15) is 0 Å². The third kappa shape index (κ3) is 2.17. The van der Waals surface area contributed by atoms with Crippen molar-refractivity contribution >= 4 is 11.4 Å². The first-order chi connectivity index (χ1) is 10.3. The molecule has 2 unspecified atom stereocenters. The average molecular weight is 282 g/mol. The van der Waals surface area contributed by atoms with E-state index < -0.39 is 6.17 Å². The third-order valence-electron chi connectivity index (χ3n) is 4.61. The second-order valence-corrected chi connectivity index (χ2v) is 5.91. The molecule has 2 aliphatic heterocycles. The van der Waals surface area contributed by atoms with Crippen molar-refractivity contribution in [2.75, 3.05) is 17.2 Å². The summed E-state index contributed by atoms with van der Waals surface area (Å²) in [6.07, 6.45) is 1.80. The van der Waals surface area contributed by atoms with Gasteiger partial charge in [0.1, 0.15) is 6.17 Å². The Morgan fingerprint density at radius 3 is 2.81 bits per heavy atom. The number of rotatable bonds is 2. The Bertz CT molecular complexity index is 668. The van der Waals surface area contributed by atoms with E-state index in [2.05, 4.69) is 22.8 Å². The Hall–Kier alpha value is -2.03. The fourth-order valence-corrected chi connectivity index (χ4v) is 3.49. The van der Waals surface area contributed by atoms with Crippen LogP contribution in [0.25, 0.3) is 0 Å². The van der Waals surface area contributed by atoms with Gasteiger partial charge in [0, 0.05) is 23.5 Å². The highest BCUT2D eigenvalue weighted by Gasteiger charge is 2.29. The van der Waals surface area contributed by atoms with E-state index in [4.69, 9.17) is 0 Å². The van der Waals surface area contributed by atoms with Crippen LogP contribution in [-0.2, 0) is 12.8 Å². The molecule has 21 heavy (non-hydrogen) atoms. The first-order valence-corrected chi connectivity index (χ1v) is 7.67. The van der Waals surface area contributed by atoms with Crippen molar-refractivity contribution in [3.63, 3.8) is 0 Å². The summed E-state index contributed by atoms with van der Waals surface area (Å²) in [7, 11) is 0. The third-order valence-corrected chi connectivity index (χ3v) is 4.61. The zero-order chi connectivity index (χ0) is 14.2. The summed E-state index contributed by atoms with van der Waals surface area (Å²) in [5.41, 5.74) is 5.44. The molecule has 0 saturated carbocycles. The number of halogens is 1. The van der Waals surface area contributed by atoms with E-state index in [9.17, 15) is 0 Å². The smallest absolute Gasteiger partial charge is 0.147 e. The van der Waals surface area contributed by atoms with E-state index in [-0.39, 0.29) is 6.04 Å². The highest BCUT2D eigenvalue weighted by Crippen LogP contribution is 2.38. The monoisotopic (exact) mass is 282 g/mol.